The molecule has 4 heterocycles. The summed E-state index contributed by atoms with van der Waals surface area (Å²) in [6.07, 6.45) is -3.48. The van der Waals surface area contributed by atoms with Crippen LogP contribution in [0.25, 0.3) is 0 Å². The summed E-state index contributed by atoms with van der Waals surface area (Å²) in [5.41, 5.74) is -4.54. The maximum Gasteiger partial charge on any atom is 0.335 e. The first-order valence-electron chi connectivity index (χ1n) is 14.5. The van der Waals surface area contributed by atoms with Crippen LogP contribution in [0.4, 0.5) is 0 Å². The van der Waals surface area contributed by atoms with E-state index in [0.717, 1.165) is 7.11 Å². The van der Waals surface area contributed by atoms with Crippen molar-refractivity contribution < 1.29 is 57.2 Å². The number of hydrogen-bond acceptors (Lipinski definition) is 12. The highest BCUT2D eigenvalue weighted by Crippen LogP contribution is 2.71. The van der Waals surface area contributed by atoms with E-state index in [-0.39, 0.29) is 18.6 Å². The van der Waals surface area contributed by atoms with Crippen LogP contribution in [0.5, 0.6) is 0 Å². The van der Waals surface area contributed by atoms with E-state index in [1.54, 1.807) is 33.8 Å². The van der Waals surface area contributed by atoms with Gasteiger partial charge in [-0.1, -0.05) is 34.6 Å². The fourth-order valence-electron chi connectivity index (χ4n) is 9.23. The van der Waals surface area contributed by atoms with Gasteiger partial charge in [-0.25, -0.2) is 4.79 Å². The Morgan fingerprint density at radius 1 is 1.07 bits per heavy atom. The number of aliphatic hydroxyl groups excluding tert-OH is 1. The van der Waals surface area contributed by atoms with Gasteiger partial charge >= 0.3 is 23.9 Å². The molecule has 1 aromatic heterocycles. The lowest BCUT2D eigenvalue weighted by Crippen LogP contribution is -2.71. The number of ketones is 1. The Hall–Kier alpha value is -3.25. The van der Waals surface area contributed by atoms with Gasteiger partial charge in [-0.05, 0) is 12.5 Å². The minimum atomic E-state index is -1.78. The number of Topliss-reactive ketones (excluding diaryl/α,β-unsaturated/α-hetero) is 1. The number of rotatable bonds is 5. The van der Waals surface area contributed by atoms with E-state index < -0.39 is 94.0 Å². The first-order valence-corrected chi connectivity index (χ1v) is 14.5. The number of carbonyl (C=O) groups is 5. The molecule has 1 N–H and O–H groups in total. The molecule has 0 radical (unpaired) electrons. The van der Waals surface area contributed by atoms with Gasteiger partial charge < -0.3 is 33.2 Å². The maximum atomic E-state index is 14.5. The van der Waals surface area contributed by atoms with Crippen LogP contribution in [0.2, 0.25) is 0 Å². The molecular formula is C31H40O12. The van der Waals surface area contributed by atoms with Crippen molar-refractivity contribution in [2.45, 2.75) is 97.4 Å². The van der Waals surface area contributed by atoms with Crippen LogP contribution in [0, 0.1) is 34.0 Å². The van der Waals surface area contributed by atoms with Gasteiger partial charge in [-0.15, -0.1) is 0 Å². The Morgan fingerprint density at radius 2 is 1.72 bits per heavy atom. The molecule has 1 aromatic rings. The topological polar surface area (TPSA) is 165 Å². The number of hydrogen-bond donors (Lipinski definition) is 1. The summed E-state index contributed by atoms with van der Waals surface area (Å²) in [7, 11) is 1.14. The molecule has 12 heteroatoms. The molecule has 12 nitrogen and oxygen atoms in total. The van der Waals surface area contributed by atoms with Gasteiger partial charge in [0.05, 0.1) is 31.7 Å². The van der Waals surface area contributed by atoms with Crippen LogP contribution in [-0.4, -0.2) is 71.9 Å². The number of methoxy groups -OCH3 is 1. The monoisotopic (exact) mass is 604 g/mol. The number of esters is 4. The Kier molecular flexibility index (Phi) is 7.36. The highest BCUT2D eigenvalue weighted by atomic mass is 16.6. The fourth-order valence-corrected chi connectivity index (χ4v) is 9.23. The van der Waals surface area contributed by atoms with Crippen molar-refractivity contribution in [3.8, 4) is 0 Å². The molecule has 0 amide bonds. The maximum absolute atomic E-state index is 14.5. The highest BCUT2D eigenvalue weighted by molar-refractivity contribution is 5.89. The molecule has 2 bridgehead atoms. The molecule has 3 aliphatic heterocycles. The Balaban J connectivity index is 1.82. The largest absolute Gasteiger partial charge is 0.472 e. The zero-order valence-corrected chi connectivity index (χ0v) is 25.7. The number of carbonyl (C=O) groups excluding carboxylic acids is 5. The molecule has 6 rings (SSSR count). The molecule has 3 saturated heterocycles. The van der Waals surface area contributed by atoms with E-state index in [9.17, 15) is 29.1 Å². The Morgan fingerprint density at radius 3 is 2.28 bits per heavy atom. The first kappa shape index (κ1) is 31.2. The van der Waals surface area contributed by atoms with Crippen molar-refractivity contribution in [3.05, 3.63) is 24.2 Å². The Labute approximate surface area is 249 Å². The van der Waals surface area contributed by atoms with Crippen LogP contribution < -0.4 is 0 Å². The van der Waals surface area contributed by atoms with E-state index in [0.29, 0.717) is 5.56 Å². The zero-order chi connectivity index (χ0) is 31.9. The van der Waals surface area contributed by atoms with Gasteiger partial charge in [0, 0.05) is 53.4 Å². The third kappa shape index (κ3) is 4.19. The van der Waals surface area contributed by atoms with Gasteiger partial charge in [0.1, 0.15) is 24.1 Å². The van der Waals surface area contributed by atoms with Crippen molar-refractivity contribution >= 4 is 29.7 Å². The molecule has 1 spiro atoms. The molecule has 0 aromatic carbocycles. The summed E-state index contributed by atoms with van der Waals surface area (Å²) in [6.45, 7) is 11.1. The third-order valence-electron chi connectivity index (χ3n) is 11.0. The highest BCUT2D eigenvalue weighted by Gasteiger charge is 2.79. The standard InChI is InChI=1S/C31H40O12/c1-14-20(35)18-11-29(6)24(17-9-10-39-13-17)42-19(34)12-31(14,29)43-26-22(40-15(2)32)25(41-16(3)33)28(4,5)23(30(18,26)7)21(36)27(37)38-8/h9-10,13-14,18,21-26,36H,11-12H2,1-8H3/t14-,18-,21-,22-,23-,24-,25+,26-,29-,30+,31-/m0/s1. The van der Waals surface area contributed by atoms with Gasteiger partial charge in [0.15, 0.2) is 12.2 Å². The lowest BCUT2D eigenvalue weighted by molar-refractivity contribution is -0.302. The third-order valence-corrected chi connectivity index (χ3v) is 11.0. The second-order valence-corrected chi connectivity index (χ2v) is 13.6. The van der Waals surface area contributed by atoms with E-state index in [1.165, 1.54) is 26.4 Å². The molecule has 5 aliphatic rings. The fraction of sp³-hybridized carbons (Fsp3) is 0.710. The van der Waals surface area contributed by atoms with Gasteiger partial charge in [-0.2, -0.15) is 0 Å². The minimum absolute atomic E-state index is 0.151. The van der Waals surface area contributed by atoms with Crippen LogP contribution in [-0.2, 0) is 47.7 Å². The van der Waals surface area contributed by atoms with E-state index in [1.807, 2.05) is 6.92 Å². The van der Waals surface area contributed by atoms with Crippen molar-refractivity contribution in [2.24, 2.45) is 34.0 Å². The van der Waals surface area contributed by atoms with Crippen molar-refractivity contribution in [2.75, 3.05) is 7.11 Å². The van der Waals surface area contributed by atoms with Crippen LogP contribution >= 0.6 is 0 Å². The Bertz CT molecular complexity index is 1330. The molecule has 11 atom stereocenters. The van der Waals surface area contributed by atoms with Crippen LogP contribution in [0.1, 0.15) is 73.0 Å². The summed E-state index contributed by atoms with van der Waals surface area (Å²) in [5.74, 6) is -5.94. The number of cyclic esters (lactones) is 1. The van der Waals surface area contributed by atoms with E-state index in [4.69, 9.17) is 28.1 Å². The predicted octanol–water partition coefficient (Wildman–Crippen LogP) is 2.70. The number of aliphatic hydroxyl groups is 1. The summed E-state index contributed by atoms with van der Waals surface area (Å²) in [4.78, 5) is 66.0. The molecule has 2 saturated carbocycles. The quantitative estimate of drug-likeness (QED) is 0.386. The molecule has 2 aliphatic carbocycles. The van der Waals surface area contributed by atoms with Gasteiger partial charge in [0.2, 0.25) is 0 Å². The predicted molar refractivity (Wildman–Crippen MR) is 145 cm³/mol. The summed E-state index contributed by atoms with van der Waals surface area (Å²) < 4.78 is 35.1. The summed E-state index contributed by atoms with van der Waals surface area (Å²) in [6, 6.07) is 1.69. The lowest BCUT2D eigenvalue weighted by Gasteiger charge is -2.61. The van der Waals surface area contributed by atoms with E-state index in [2.05, 4.69) is 0 Å². The average Bonchev–Trinajstić information content (AvgIpc) is 3.41. The number of ether oxygens (including phenoxy) is 5. The van der Waals surface area contributed by atoms with Crippen molar-refractivity contribution in [1.29, 1.82) is 0 Å². The van der Waals surface area contributed by atoms with Crippen LogP contribution in [0.15, 0.2) is 23.0 Å². The summed E-state index contributed by atoms with van der Waals surface area (Å²) >= 11 is 0. The lowest BCUT2D eigenvalue weighted by atomic mass is 9.43. The summed E-state index contributed by atoms with van der Waals surface area (Å²) in [5, 5.41) is 11.7. The molecule has 0 unspecified atom stereocenters. The van der Waals surface area contributed by atoms with Crippen molar-refractivity contribution in [1.82, 2.24) is 0 Å². The van der Waals surface area contributed by atoms with E-state index >= 15 is 0 Å². The SMILES string of the molecule is COC(=O)[C@@H](O)[C@H]1C(C)(C)[C@H](OC(C)=O)[C@H](OC(C)=O)[C@@H]2O[C@]34CC(=O)O[C@@H](c5ccoc5)[C@]3(C)C[C@@H](C(=O)[C@@H]4C)[C@@]21C. The second-order valence-electron chi connectivity index (χ2n) is 13.6. The second kappa shape index (κ2) is 10.2. The van der Waals surface area contributed by atoms with Gasteiger partial charge in [-0.3, -0.25) is 19.2 Å². The minimum Gasteiger partial charge on any atom is -0.472 e. The molecule has 43 heavy (non-hydrogen) atoms. The molecule has 236 valence electrons. The van der Waals surface area contributed by atoms with Crippen LogP contribution in [0.3, 0.4) is 0 Å². The van der Waals surface area contributed by atoms with Gasteiger partial charge in [0.25, 0.3) is 0 Å². The first-order chi connectivity index (χ1) is 20.0. The normalized spacial score (nSPS) is 42.0. The molecular weight excluding hydrogens is 564 g/mol. The zero-order valence-electron chi connectivity index (χ0n) is 25.7. The number of fused-ring (bicyclic) bond motifs is 1. The smallest absolute Gasteiger partial charge is 0.335 e. The molecule has 5 fully saturated rings. The van der Waals surface area contributed by atoms with Crippen molar-refractivity contribution in [3.63, 3.8) is 0 Å². The number of furan rings is 1. The average molecular weight is 605 g/mol.